The fraction of sp³-hybridized carbons (Fsp3) is 0.429. The van der Waals surface area contributed by atoms with Crippen LogP contribution >= 0.6 is 23.1 Å². The highest BCUT2D eigenvalue weighted by Crippen LogP contribution is 2.43. The van der Waals surface area contributed by atoms with Gasteiger partial charge in [-0.25, -0.2) is 0 Å². The summed E-state index contributed by atoms with van der Waals surface area (Å²) in [5.41, 5.74) is -0.167. The summed E-state index contributed by atoms with van der Waals surface area (Å²) in [5, 5.41) is 21.6. The molecule has 1 aromatic rings. The van der Waals surface area contributed by atoms with Crippen LogP contribution in [0.3, 0.4) is 0 Å². The molecule has 0 aliphatic carbocycles. The molecule has 0 amide bonds. The summed E-state index contributed by atoms with van der Waals surface area (Å²) < 4.78 is 0. The van der Waals surface area contributed by atoms with Gasteiger partial charge in [-0.3, -0.25) is 20.2 Å². The summed E-state index contributed by atoms with van der Waals surface area (Å²) in [4.78, 5) is 22.0. The van der Waals surface area contributed by atoms with E-state index in [1.807, 2.05) is 0 Å². The van der Waals surface area contributed by atoms with Crippen molar-refractivity contribution in [3.05, 3.63) is 26.3 Å². The summed E-state index contributed by atoms with van der Waals surface area (Å²) in [7, 11) is 0. The Labute approximate surface area is 98.3 Å². The number of nitrogens with zero attached hydrogens (tertiary/aromatic N) is 3. The van der Waals surface area contributed by atoms with E-state index in [2.05, 4.69) is 0 Å². The second-order valence-electron chi connectivity index (χ2n) is 3.09. The van der Waals surface area contributed by atoms with Crippen molar-refractivity contribution < 1.29 is 9.85 Å². The molecule has 0 atom stereocenters. The van der Waals surface area contributed by atoms with Crippen LogP contribution in [0.1, 0.15) is 0 Å². The lowest BCUT2D eigenvalue weighted by Gasteiger charge is -2.11. The van der Waals surface area contributed by atoms with E-state index >= 15 is 0 Å². The van der Waals surface area contributed by atoms with Crippen molar-refractivity contribution in [2.24, 2.45) is 0 Å². The van der Waals surface area contributed by atoms with Crippen molar-refractivity contribution in [1.82, 2.24) is 0 Å². The second-order valence-corrected chi connectivity index (χ2v) is 5.17. The highest BCUT2D eigenvalue weighted by molar-refractivity contribution is 7.99. The molecule has 2 heterocycles. The Balaban J connectivity index is 2.40. The normalized spacial score (nSPS) is 15.4. The van der Waals surface area contributed by atoms with Crippen LogP contribution in [0.4, 0.5) is 15.7 Å². The zero-order chi connectivity index (χ0) is 11.7. The Morgan fingerprint density at radius 2 is 2.06 bits per heavy atom. The van der Waals surface area contributed by atoms with Gasteiger partial charge in [-0.15, -0.1) is 11.8 Å². The van der Waals surface area contributed by atoms with Gasteiger partial charge in [0.25, 0.3) is 0 Å². The van der Waals surface area contributed by atoms with Crippen LogP contribution in [-0.4, -0.2) is 28.0 Å². The Morgan fingerprint density at radius 3 is 2.56 bits per heavy atom. The van der Waals surface area contributed by atoms with Gasteiger partial charge in [0.2, 0.25) is 0 Å². The van der Waals surface area contributed by atoms with Crippen LogP contribution in [0.25, 0.3) is 0 Å². The Kier molecular flexibility index (Phi) is 2.97. The van der Waals surface area contributed by atoms with Crippen LogP contribution in [0.5, 0.6) is 0 Å². The topological polar surface area (TPSA) is 89.5 Å². The predicted molar refractivity (Wildman–Crippen MR) is 62.3 cm³/mol. The quantitative estimate of drug-likeness (QED) is 0.611. The molecule has 0 aromatic carbocycles. The third kappa shape index (κ3) is 1.95. The lowest BCUT2D eigenvalue weighted by atomic mass is 10.4. The van der Waals surface area contributed by atoms with E-state index in [0.29, 0.717) is 17.4 Å². The smallest absolute Gasteiger partial charge is 0.333 e. The molecule has 0 N–H and O–H groups in total. The fourth-order valence-electron chi connectivity index (χ4n) is 1.38. The van der Waals surface area contributed by atoms with E-state index in [9.17, 15) is 20.2 Å². The van der Waals surface area contributed by atoms with Crippen LogP contribution in [0, 0.1) is 20.2 Å². The molecule has 0 spiro atoms. The average Bonchev–Trinajstić information content (AvgIpc) is 2.86. The summed E-state index contributed by atoms with van der Waals surface area (Å²) >= 11 is 2.52. The molecule has 0 radical (unpaired) electrons. The highest BCUT2D eigenvalue weighted by Gasteiger charge is 2.30. The molecule has 16 heavy (non-hydrogen) atoms. The molecule has 1 fully saturated rings. The maximum Gasteiger partial charge on any atom is 0.333 e. The van der Waals surface area contributed by atoms with E-state index < -0.39 is 9.85 Å². The van der Waals surface area contributed by atoms with E-state index in [-0.39, 0.29) is 10.7 Å². The van der Waals surface area contributed by atoms with Gasteiger partial charge in [0.15, 0.2) is 5.00 Å². The Morgan fingerprint density at radius 1 is 1.31 bits per heavy atom. The fourth-order valence-corrected chi connectivity index (χ4v) is 3.39. The van der Waals surface area contributed by atoms with Crippen molar-refractivity contribution in [2.45, 2.75) is 0 Å². The molecule has 1 aromatic heterocycles. The maximum absolute atomic E-state index is 10.8. The largest absolute Gasteiger partial charge is 0.348 e. The minimum atomic E-state index is -0.593. The first kappa shape index (κ1) is 11.1. The summed E-state index contributed by atoms with van der Waals surface area (Å²) in [5.74, 6) is 1.54. The number of rotatable bonds is 3. The molecular weight excluding hydrogens is 254 g/mol. The lowest BCUT2D eigenvalue weighted by Crippen LogP contribution is -2.17. The molecule has 7 nitrogen and oxygen atoms in total. The molecule has 1 saturated heterocycles. The van der Waals surface area contributed by atoms with Gasteiger partial charge >= 0.3 is 10.7 Å². The second kappa shape index (κ2) is 4.26. The van der Waals surface area contributed by atoms with Gasteiger partial charge in [0.1, 0.15) is 6.07 Å². The van der Waals surface area contributed by atoms with Gasteiger partial charge in [0, 0.05) is 12.3 Å². The third-order valence-electron chi connectivity index (χ3n) is 2.10. The zero-order valence-electron chi connectivity index (χ0n) is 7.99. The minimum Gasteiger partial charge on any atom is -0.348 e. The van der Waals surface area contributed by atoms with Crippen LogP contribution in [0.2, 0.25) is 0 Å². The highest BCUT2D eigenvalue weighted by atomic mass is 32.2. The molecule has 0 bridgehead atoms. The standard InChI is InChI=1S/C7H7N3O4S2/c11-9(12)5-3-6(10(13)14)16-7(5)8-1-2-15-4-8/h3H,1-2,4H2. The average molecular weight is 261 g/mol. The van der Waals surface area contributed by atoms with Crippen molar-refractivity contribution >= 4 is 38.8 Å². The van der Waals surface area contributed by atoms with Gasteiger partial charge < -0.3 is 4.90 Å². The molecule has 1 aliphatic heterocycles. The maximum atomic E-state index is 10.8. The van der Waals surface area contributed by atoms with Crippen molar-refractivity contribution in [1.29, 1.82) is 0 Å². The van der Waals surface area contributed by atoms with Crippen molar-refractivity contribution in [3.63, 3.8) is 0 Å². The first-order chi connectivity index (χ1) is 7.59. The molecule has 0 unspecified atom stereocenters. The van der Waals surface area contributed by atoms with Gasteiger partial charge in [-0.2, -0.15) is 0 Å². The van der Waals surface area contributed by atoms with E-state index in [1.54, 1.807) is 16.7 Å². The number of thiophene rings is 1. The van der Waals surface area contributed by atoms with Crippen LogP contribution in [-0.2, 0) is 0 Å². The number of hydrogen-bond donors (Lipinski definition) is 0. The molecule has 86 valence electrons. The van der Waals surface area contributed by atoms with E-state index in [0.717, 1.165) is 23.2 Å². The molecular formula is C7H7N3O4S2. The minimum absolute atomic E-state index is 0.167. The predicted octanol–water partition coefficient (Wildman–Crippen LogP) is 2.08. The van der Waals surface area contributed by atoms with Crippen LogP contribution in [0.15, 0.2) is 6.07 Å². The monoisotopic (exact) mass is 261 g/mol. The van der Waals surface area contributed by atoms with Gasteiger partial charge in [0.05, 0.1) is 15.7 Å². The number of hydrogen-bond acceptors (Lipinski definition) is 7. The first-order valence-corrected chi connectivity index (χ1v) is 6.32. The Bertz CT molecular complexity index is 441. The Hall–Kier alpha value is -1.35. The zero-order valence-corrected chi connectivity index (χ0v) is 9.62. The van der Waals surface area contributed by atoms with Crippen molar-refractivity contribution in [3.8, 4) is 0 Å². The third-order valence-corrected chi connectivity index (χ3v) is 4.20. The SMILES string of the molecule is O=[N+]([O-])c1cc([N+](=O)[O-])c(N2CCSC2)s1. The van der Waals surface area contributed by atoms with Crippen LogP contribution < -0.4 is 4.90 Å². The molecule has 1 aliphatic rings. The number of anilines is 1. The van der Waals surface area contributed by atoms with Gasteiger partial charge in [-0.05, 0) is 11.3 Å². The molecule has 2 rings (SSSR count). The summed E-state index contributed by atoms with van der Waals surface area (Å²) in [6, 6.07) is 1.03. The molecule has 0 saturated carbocycles. The summed E-state index contributed by atoms with van der Waals surface area (Å²) in [6.45, 7) is 0.698. The lowest BCUT2D eigenvalue weighted by molar-refractivity contribution is -0.389. The van der Waals surface area contributed by atoms with E-state index in [4.69, 9.17) is 0 Å². The number of thioether (sulfide) groups is 1. The van der Waals surface area contributed by atoms with Crippen molar-refractivity contribution in [2.75, 3.05) is 23.1 Å². The first-order valence-electron chi connectivity index (χ1n) is 4.35. The number of nitro groups is 2. The molecule has 9 heteroatoms. The summed E-state index contributed by atoms with van der Waals surface area (Å²) in [6.07, 6.45) is 0. The van der Waals surface area contributed by atoms with Gasteiger partial charge in [-0.1, -0.05) is 0 Å². The van der Waals surface area contributed by atoms with E-state index in [1.165, 1.54) is 0 Å².